The quantitative estimate of drug-likeness (QED) is 0.902. The Morgan fingerprint density at radius 2 is 2.00 bits per heavy atom. The summed E-state index contributed by atoms with van der Waals surface area (Å²) in [6.07, 6.45) is 1.98. The van der Waals surface area contributed by atoms with Crippen LogP contribution in [0.5, 0.6) is 0 Å². The van der Waals surface area contributed by atoms with Crippen LogP contribution >= 0.6 is 23.2 Å². The first-order valence-corrected chi connectivity index (χ1v) is 6.55. The Hall–Kier alpha value is -1.19. The molecule has 0 radical (unpaired) electrons. The second-order valence-electron chi connectivity index (χ2n) is 4.36. The maximum atomic E-state index is 5.95. The molecule has 0 unspecified atom stereocenters. The molecule has 0 spiro atoms. The topological polar surface area (TPSA) is 29.9 Å². The first-order chi connectivity index (χ1) is 8.56. The first kappa shape index (κ1) is 13.2. The van der Waals surface area contributed by atoms with Crippen LogP contribution in [-0.4, -0.2) is 9.78 Å². The molecule has 1 aromatic heterocycles. The summed E-state index contributed by atoms with van der Waals surface area (Å²) < 4.78 is 1.94. The number of nitrogens with zero attached hydrogens (tertiary/aromatic N) is 2. The molecular weight excluding hydrogens is 269 g/mol. The number of anilines is 1. The molecule has 0 fully saturated rings. The molecule has 0 aliphatic carbocycles. The van der Waals surface area contributed by atoms with Gasteiger partial charge in [0.15, 0.2) is 0 Å². The Kier molecular flexibility index (Phi) is 4.15. The van der Waals surface area contributed by atoms with Gasteiger partial charge in [-0.2, -0.15) is 5.10 Å². The minimum absolute atomic E-state index is 0.378. The highest BCUT2D eigenvalue weighted by molar-refractivity contribution is 6.42. The van der Waals surface area contributed by atoms with E-state index in [1.807, 2.05) is 29.1 Å². The van der Waals surface area contributed by atoms with Gasteiger partial charge in [0.05, 0.1) is 22.3 Å². The smallest absolute Gasteiger partial charge is 0.0815 e. The molecule has 2 aromatic rings. The minimum Gasteiger partial charge on any atom is -0.379 e. The van der Waals surface area contributed by atoms with Gasteiger partial charge in [0.25, 0.3) is 0 Å². The molecule has 18 heavy (non-hydrogen) atoms. The molecule has 0 saturated carbocycles. The highest BCUT2D eigenvalue weighted by Crippen LogP contribution is 2.25. The second kappa shape index (κ2) is 5.63. The van der Waals surface area contributed by atoms with Gasteiger partial charge in [0, 0.05) is 17.9 Å². The van der Waals surface area contributed by atoms with Crippen LogP contribution in [0, 0.1) is 0 Å². The summed E-state index contributed by atoms with van der Waals surface area (Å²) in [5.41, 5.74) is 1.93. The normalized spacial score (nSPS) is 10.9. The van der Waals surface area contributed by atoms with Crippen molar-refractivity contribution in [1.29, 1.82) is 0 Å². The molecular formula is C13H15Cl2N3. The highest BCUT2D eigenvalue weighted by Gasteiger charge is 2.03. The molecule has 0 amide bonds. The number of hydrogen-bond donors (Lipinski definition) is 1. The molecule has 0 aliphatic heterocycles. The van der Waals surface area contributed by atoms with Crippen LogP contribution in [0.1, 0.15) is 25.6 Å². The maximum absolute atomic E-state index is 5.95. The van der Waals surface area contributed by atoms with E-state index in [1.165, 1.54) is 0 Å². The summed E-state index contributed by atoms with van der Waals surface area (Å²) in [6, 6.07) is 7.87. The fourth-order valence-corrected chi connectivity index (χ4v) is 1.86. The first-order valence-electron chi connectivity index (χ1n) is 5.79. The zero-order chi connectivity index (χ0) is 13.1. The van der Waals surface area contributed by atoms with Crippen molar-refractivity contribution in [2.75, 3.05) is 5.32 Å². The Morgan fingerprint density at radius 1 is 1.22 bits per heavy atom. The Balaban J connectivity index is 2.00. The molecule has 0 saturated heterocycles. The average molecular weight is 284 g/mol. The molecule has 3 nitrogen and oxygen atoms in total. The summed E-state index contributed by atoms with van der Waals surface area (Å²) in [7, 11) is 0. The summed E-state index contributed by atoms with van der Waals surface area (Å²) in [4.78, 5) is 0. The predicted octanol–water partition coefficient (Wildman–Crippen LogP) is 4.38. The zero-order valence-electron chi connectivity index (χ0n) is 10.3. The maximum Gasteiger partial charge on any atom is 0.0815 e. The van der Waals surface area contributed by atoms with E-state index in [0.29, 0.717) is 22.6 Å². The number of benzene rings is 1. The van der Waals surface area contributed by atoms with Gasteiger partial charge < -0.3 is 5.32 Å². The van der Waals surface area contributed by atoms with E-state index in [9.17, 15) is 0 Å². The number of rotatable bonds is 4. The van der Waals surface area contributed by atoms with Gasteiger partial charge in [-0.15, -0.1) is 0 Å². The fraction of sp³-hybridized carbons (Fsp3) is 0.308. The van der Waals surface area contributed by atoms with Crippen molar-refractivity contribution in [2.45, 2.75) is 26.4 Å². The lowest BCUT2D eigenvalue weighted by atomic mass is 10.3. The van der Waals surface area contributed by atoms with E-state index >= 15 is 0 Å². The molecule has 1 aromatic carbocycles. The van der Waals surface area contributed by atoms with E-state index < -0.39 is 0 Å². The van der Waals surface area contributed by atoms with Crippen LogP contribution in [0.3, 0.4) is 0 Å². The third-order valence-corrected chi connectivity index (χ3v) is 3.32. The summed E-state index contributed by atoms with van der Waals surface area (Å²) >= 11 is 11.8. The summed E-state index contributed by atoms with van der Waals surface area (Å²) in [5.74, 6) is 0. The average Bonchev–Trinajstić information content (AvgIpc) is 2.79. The number of aromatic nitrogens is 2. The van der Waals surface area contributed by atoms with Gasteiger partial charge in [0.2, 0.25) is 0 Å². The molecule has 1 N–H and O–H groups in total. The van der Waals surface area contributed by atoms with Crippen molar-refractivity contribution < 1.29 is 0 Å². The Labute approximate surface area is 117 Å². The van der Waals surface area contributed by atoms with Crippen LogP contribution in [-0.2, 0) is 6.54 Å². The van der Waals surface area contributed by atoms with Gasteiger partial charge >= 0.3 is 0 Å². The predicted molar refractivity (Wildman–Crippen MR) is 76.4 cm³/mol. The molecule has 1 heterocycles. The Bertz CT molecular complexity index is 535. The third kappa shape index (κ3) is 3.18. The van der Waals surface area contributed by atoms with Gasteiger partial charge in [0.1, 0.15) is 0 Å². The van der Waals surface area contributed by atoms with Crippen molar-refractivity contribution >= 4 is 28.9 Å². The van der Waals surface area contributed by atoms with Crippen LogP contribution < -0.4 is 5.32 Å². The monoisotopic (exact) mass is 283 g/mol. The molecule has 0 atom stereocenters. The van der Waals surface area contributed by atoms with Crippen molar-refractivity contribution in [3.63, 3.8) is 0 Å². The van der Waals surface area contributed by atoms with Crippen LogP contribution in [0.15, 0.2) is 30.5 Å². The molecule has 2 rings (SSSR count). The van der Waals surface area contributed by atoms with Crippen LogP contribution in [0.4, 0.5) is 5.69 Å². The van der Waals surface area contributed by atoms with E-state index in [1.54, 1.807) is 6.07 Å². The van der Waals surface area contributed by atoms with Gasteiger partial charge in [-0.05, 0) is 38.1 Å². The molecule has 0 aliphatic rings. The molecule has 5 heteroatoms. The van der Waals surface area contributed by atoms with Crippen molar-refractivity contribution in [3.8, 4) is 0 Å². The fourth-order valence-electron chi connectivity index (χ4n) is 1.56. The lowest BCUT2D eigenvalue weighted by Crippen LogP contribution is -2.04. The summed E-state index contributed by atoms with van der Waals surface area (Å²) in [6.45, 7) is 4.87. The lowest BCUT2D eigenvalue weighted by Gasteiger charge is -2.06. The van der Waals surface area contributed by atoms with Gasteiger partial charge in [-0.3, -0.25) is 4.68 Å². The molecule has 0 bridgehead atoms. The number of nitrogens with one attached hydrogen (secondary N) is 1. The van der Waals surface area contributed by atoms with Crippen molar-refractivity contribution in [3.05, 3.63) is 46.2 Å². The second-order valence-corrected chi connectivity index (χ2v) is 5.18. The minimum atomic E-state index is 0.378. The SMILES string of the molecule is CC(C)n1ccc(CNc2ccc(Cl)c(Cl)c2)n1. The van der Waals surface area contributed by atoms with Crippen molar-refractivity contribution in [1.82, 2.24) is 9.78 Å². The van der Waals surface area contributed by atoms with Gasteiger partial charge in [-0.25, -0.2) is 0 Å². The van der Waals surface area contributed by atoms with E-state index in [4.69, 9.17) is 23.2 Å². The zero-order valence-corrected chi connectivity index (χ0v) is 11.8. The van der Waals surface area contributed by atoms with E-state index in [-0.39, 0.29) is 0 Å². The lowest BCUT2D eigenvalue weighted by molar-refractivity contribution is 0.527. The number of halogens is 2. The van der Waals surface area contributed by atoms with Crippen LogP contribution in [0.2, 0.25) is 10.0 Å². The molecule has 96 valence electrons. The highest BCUT2D eigenvalue weighted by atomic mass is 35.5. The van der Waals surface area contributed by atoms with Gasteiger partial charge in [-0.1, -0.05) is 23.2 Å². The standard InChI is InChI=1S/C13H15Cl2N3/c1-9(2)18-6-5-11(17-18)8-16-10-3-4-12(14)13(15)7-10/h3-7,9,16H,8H2,1-2H3. The largest absolute Gasteiger partial charge is 0.379 e. The van der Waals surface area contributed by atoms with Crippen LogP contribution in [0.25, 0.3) is 0 Å². The summed E-state index contributed by atoms with van der Waals surface area (Å²) in [5, 5.41) is 8.83. The van der Waals surface area contributed by atoms with Crippen molar-refractivity contribution in [2.24, 2.45) is 0 Å². The van der Waals surface area contributed by atoms with E-state index in [0.717, 1.165) is 11.4 Å². The Morgan fingerprint density at radius 3 is 2.61 bits per heavy atom. The third-order valence-electron chi connectivity index (χ3n) is 2.59. The number of hydrogen-bond acceptors (Lipinski definition) is 2. The van der Waals surface area contributed by atoms with E-state index in [2.05, 4.69) is 24.3 Å².